The van der Waals surface area contributed by atoms with E-state index in [1.165, 1.54) is 26.4 Å². The van der Waals surface area contributed by atoms with Gasteiger partial charge in [-0.05, 0) is 32.5 Å². The molecule has 0 bridgehead atoms. The lowest BCUT2D eigenvalue weighted by Gasteiger charge is -2.24. The monoisotopic (exact) mass is 508 g/mol. The molecule has 0 saturated heterocycles. The minimum atomic E-state index is -0.578. The summed E-state index contributed by atoms with van der Waals surface area (Å²) in [6.07, 6.45) is 0. The lowest BCUT2D eigenvalue weighted by Crippen LogP contribution is -2.38. The molecule has 0 fully saturated rings. The highest BCUT2D eigenvalue weighted by Gasteiger charge is 2.20. The maximum atomic E-state index is 12.5. The van der Waals surface area contributed by atoms with Crippen molar-refractivity contribution in [1.29, 1.82) is 0 Å². The molecule has 0 radical (unpaired) electrons. The van der Waals surface area contributed by atoms with Crippen LogP contribution in [-0.4, -0.2) is 66.7 Å². The second kappa shape index (κ2) is 14.0. The number of nitrogens with zero attached hydrogens (tertiary/aromatic N) is 2. The van der Waals surface area contributed by atoms with Crippen LogP contribution in [0.1, 0.15) is 41.6 Å². The Kier molecular flexibility index (Phi) is 13.0. The van der Waals surface area contributed by atoms with Gasteiger partial charge in [0.25, 0.3) is 11.8 Å². The van der Waals surface area contributed by atoms with Crippen LogP contribution in [-0.2, 0) is 0 Å². The summed E-state index contributed by atoms with van der Waals surface area (Å²) in [5, 5.41) is 17.5. The fourth-order valence-electron chi connectivity index (χ4n) is 2.88. The molecule has 0 aliphatic heterocycles. The molecule has 0 saturated carbocycles. The molecule has 1 heterocycles. The van der Waals surface area contributed by atoms with Crippen molar-refractivity contribution < 1.29 is 24.2 Å². The van der Waals surface area contributed by atoms with E-state index in [0.29, 0.717) is 18.3 Å². The van der Waals surface area contributed by atoms with Crippen molar-refractivity contribution >= 4 is 53.1 Å². The number of ether oxygens (including phenoxy) is 2. The maximum absolute atomic E-state index is 12.5. The van der Waals surface area contributed by atoms with Gasteiger partial charge in [-0.25, -0.2) is 4.98 Å². The zero-order valence-corrected chi connectivity index (χ0v) is 21.1. The van der Waals surface area contributed by atoms with Crippen LogP contribution in [0.2, 0.25) is 0 Å². The molecule has 180 valence electrons. The van der Waals surface area contributed by atoms with Crippen molar-refractivity contribution in [2.24, 2.45) is 0 Å². The van der Waals surface area contributed by atoms with E-state index in [4.69, 9.17) is 9.47 Å². The number of phenolic OH excluding ortho intramolecular Hbond substituents is 1. The van der Waals surface area contributed by atoms with Crippen molar-refractivity contribution in [3.63, 3.8) is 0 Å². The van der Waals surface area contributed by atoms with Crippen LogP contribution >= 0.6 is 36.2 Å². The SMILES string of the molecule is CCN(CCNC(=O)c1csc(NC(=O)c2ccc(OC)c(OC)c2O)n1)C(C)C.Cl.Cl. The highest BCUT2D eigenvalue weighted by molar-refractivity contribution is 7.14. The van der Waals surface area contributed by atoms with Crippen LogP contribution in [0.5, 0.6) is 17.2 Å². The number of hydrogen-bond acceptors (Lipinski definition) is 8. The molecule has 9 nitrogen and oxygen atoms in total. The Morgan fingerprint density at radius 2 is 1.88 bits per heavy atom. The van der Waals surface area contributed by atoms with E-state index < -0.39 is 5.91 Å². The normalized spacial score (nSPS) is 10.2. The number of phenols is 1. The summed E-state index contributed by atoms with van der Waals surface area (Å²) in [7, 11) is 2.80. The van der Waals surface area contributed by atoms with Gasteiger partial charge in [-0.2, -0.15) is 0 Å². The van der Waals surface area contributed by atoms with Gasteiger partial charge in [-0.1, -0.05) is 6.92 Å². The zero-order valence-electron chi connectivity index (χ0n) is 18.6. The van der Waals surface area contributed by atoms with Gasteiger partial charge < -0.3 is 19.9 Å². The Morgan fingerprint density at radius 3 is 2.44 bits per heavy atom. The summed E-state index contributed by atoms with van der Waals surface area (Å²) in [5.41, 5.74) is 0.224. The predicted molar refractivity (Wildman–Crippen MR) is 130 cm³/mol. The molecule has 0 unspecified atom stereocenters. The fraction of sp³-hybridized carbons (Fsp3) is 0.450. The second-order valence-corrected chi connectivity index (χ2v) is 7.53. The minimum Gasteiger partial charge on any atom is -0.504 e. The van der Waals surface area contributed by atoms with Crippen LogP contribution in [0.4, 0.5) is 5.13 Å². The summed E-state index contributed by atoms with van der Waals surface area (Å²) in [5.74, 6) is -0.856. The van der Waals surface area contributed by atoms with Crippen molar-refractivity contribution in [3.8, 4) is 17.2 Å². The topological polar surface area (TPSA) is 113 Å². The van der Waals surface area contributed by atoms with Gasteiger partial charge in [0.15, 0.2) is 16.6 Å². The van der Waals surface area contributed by atoms with Crippen molar-refractivity contribution in [2.45, 2.75) is 26.8 Å². The number of amides is 2. The minimum absolute atomic E-state index is 0. The van der Waals surface area contributed by atoms with Crippen LogP contribution in [0, 0.1) is 0 Å². The van der Waals surface area contributed by atoms with Crippen molar-refractivity contribution in [1.82, 2.24) is 15.2 Å². The molecular formula is C20H30Cl2N4O5S. The summed E-state index contributed by atoms with van der Waals surface area (Å²) >= 11 is 1.12. The number of methoxy groups -OCH3 is 2. The summed E-state index contributed by atoms with van der Waals surface area (Å²) in [6.45, 7) is 8.44. The number of aromatic hydroxyl groups is 1. The number of anilines is 1. The molecule has 1 aromatic carbocycles. The third kappa shape index (κ3) is 7.40. The number of hydrogen-bond donors (Lipinski definition) is 3. The van der Waals surface area contributed by atoms with Gasteiger partial charge in [0, 0.05) is 24.5 Å². The van der Waals surface area contributed by atoms with Crippen LogP contribution < -0.4 is 20.1 Å². The highest BCUT2D eigenvalue weighted by atomic mass is 35.5. The average molecular weight is 509 g/mol. The first kappa shape index (κ1) is 29.7. The van der Waals surface area contributed by atoms with E-state index in [0.717, 1.165) is 24.4 Å². The van der Waals surface area contributed by atoms with Crippen molar-refractivity contribution in [3.05, 3.63) is 28.8 Å². The smallest absolute Gasteiger partial charge is 0.270 e. The van der Waals surface area contributed by atoms with E-state index in [9.17, 15) is 14.7 Å². The summed E-state index contributed by atoms with van der Waals surface area (Å²) < 4.78 is 10.2. The molecule has 0 aliphatic rings. The zero-order chi connectivity index (χ0) is 22.3. The van der Waals surface area contributed by atoms with E-state index >= 15 is 0 Å². The van der Waals surface area contributed by atoms with E-state index in [2.05, 4.69) is 41.3 Å². The number of likely N-dealkylation sites (N-methyl/N-ethyl adjacent to an activating group) is 1. The lowest BCUT2D eigenvalue weighted by atomic mass is 10.1. The first-order valence-corrected chi connectivity index (χ1v) is 10.4. The Morgan fingerprint density at radius 1 is 1.19 bits per heavy atom. The Balaban J connectivity index is 0.00000480. The molecule has 32 heavy (non-hydrogen) atoms. The summed E-state index contributed by atoms with van der Waals surface area (Å²) in [6, 6.07) is 3.34. The van der Waals surface area contributed by atoms with Gasteiger partial charge in [-0.15, -0.1) is 36.2 Å². The molecule has 0 aliphatic carbocycles. The second-order valence-electron chi connectivity index (χ2n) is 6.67. The number of nitrogens with one attached hydrogen (secondary N) is 2. The number of carbonyl (C=O) groups excluding carboxylic acids is 2. The van der Waals surface area contributed by atoms with Crippen molar-refractivity contribution in [2.75, 3.05) is 39.2 Å². The van der Waals surface area contributed by atoms with Gasteiger partial charge in [-0.3, -0.25) is 19.8 Å². The van der Waals surface area contributed by atoms with Crippen LogP contribution in [0.15, 0.2) is 17.5 Å². The summed E-state index contributed by atoms with van der Waals surface area (Å²) in [4.78, 5) is 31.2. The van der Waals surface area contributed by atoms with E-state index in [1.54, 1.807) is 5.38 Å². The lowest BCUT2D eigenvalue weighted by molar-refractivity contribution is 0.0940. The van der Waals surface area contributed by atoms with Gasteiger partial charge in [0.05, 0.1) is 19.8 Å². The molecular weight excluding hydrogens is 479 g/mol. The number of rotatable bonds is 10. The quantitative estimate of drug-likeness (QED) is 0.450. The third-order valence-corrected chi connectivity index (χ3v) is 5.30. The first-order chi connectivity index (χ1) is 14.3. The first-order valence-electron chi connectivity index (χ1n) is 9.55. The average Bonchev–Trinajstić information content (AvgIpc) is 3.18. The van der Waals surface area contributed by atoms with Crippen LogP contribution in [0.3, 0.4) is 0 Å². The standard InChI is InChI=1S/C20H28N4O5S.2ClH/c1-6-24(12(2)3)10-9-21-19(27)14-11-30-20(22-14)23-18(26)13-7-8-15(28-4)17(29-5)16(13)25;;/h7-8,11-12,25H,6,9-10H2,1-5H3,(H,21,27)(H,22,23,26);2*1H. The number of carbonyl (C=O) groups is 2. The molecule has 2 aromatic rings. The highest BCUT2D eigenvalue weighted by Crippen LogP contribution is 2.39. The Hall–Kier alpha value is -2.27. The fourth-order valence-corrected chi connectivity index (χ4v) is 3.56. The largest absolute Gasteiger partial charge is 0.504 e. The van der Waals surface area contributed by atoms with Gasteiger partial charge >= 0.3 is 0 Å². The number of benzene rings is 1. The number of thiazole rings is 1. The molecule has 2 rings (SSSR count). The molecule has 0 atom stereocenters. The van der Waals surface area contributed by atoms with E-state index in [-0.39, 0.29) is 58.6 Å². The molecule has 0 spiro atoms. The molecule has 1 aromatic heterocycles. The Labute approximate surface area is 204 Å². The predicted octanol–water partition coefficient (Wildman–Crippen LogP) is 3.42. The van der Waals surface area contributed by atoms with Crippen LogP contribution in [0.25, 0.3) is 0 Å². The third-order valence-electron chi connectivity index (χ3n) is 4.54. The molecule has 2 amide bonds. The molecule has 12 heteroatoms. The number of halogens is 2. The van der Waals surface area contributed by atoms with E-state index in [1.807, 2.05) is 0 Å². The maximum Gasteiger partial charge on any atom is 0.270 e. The molecule has 3 N–H and O–H groups in total. The number of aromatic nitrogens is 1. The van der Waals surface area contributed by atoms with Gasteiger partial charge in [0.2, 0.25) is 5.75 Å². The Bertz CT molecular complexity index is 895. The van der Waals surface area contributed by atoms with Gasteiger partial charge in [0.1, 0.15) is 5.69 Å².